The van der Waals surface area contributed by atoms with E-state index in [1.807, 2.05) is 6.07 Å². The molecular weight excluding hydrogens is 292 g/mol. The third kappa shape index (κ3) is 3.22. The maximum Gasteiger partial charge on any atom is 0.229 e. The zero-order chi connectivity index (χ0) is 14.8. The topological polar surface area (TPSA) is 50.7 Å². The third-order valence-corrected chi connectivity index (χ3v) is 4.15. The van der Waals surface area contributed by atoms with Gasteiger partial charge in [0.15, 0.2) is 0 Å². The van der Waals surface area contributed by atoms with Crippen LogP contribution in [0.5, 0.6) is 0 Å². The maximum absolute atomic E-state index is 6.22. The summed E-state index contributed by atoms with van der Waals surface area (Å²) in [6, 6.07) is 2.38. The normalized spacial score (nSPS) is 27.0. The Morgan fingerprint density at radius 1 is 1.05 bits per heavy atom. The van der Waals surface area contributed by atoms with Crippen molar-refractivity contribution in [2.75, 3.05) is 49.3 Å². The first-order valence-corrected chi connectivity index (χ1v) is 7.76. The summed E-state index contributed by atoms with van der Waals surface area (Å²) in [5.41, 5.74) is 0. The van der Waals surface area contributed by atoms with Crippen molar-refractivity contribution in [2.45, 2.75) is 25.9 Å². The molecular formula is C14H21ClN4O2. The highest BCUT2D eigenvalue weighted by atomic mass is 35.5. The van der Waals surface area contributed by atoms with Crippen LogP contribution < -0.4 is 9.80 Å². The van der Waals surface area contributed by atoms with Crippen LogP contribution in [0.4, 0.5) is 11.8 Å². The molecule has 21 heavy (non-hydrogen) atoms. The Hall–Kier alpha value is -1.11. The Labute approximate surface area is 130 Å². The lowest BCUT2D eigenvalue weighted by Gasteiger charge is -2.36. The molecule has 1 aromatic heterocycles. The summed E-state index contributed by atoms with van der Waals surface area (Å²) >= 11 is 6.22. The summed E-state index contributed by atoms with van der Waals surface area (Å²) in [6.07, 6.45) is 0. The molecule has 0 unspecified atom stereocenters. The summed E-state index contributed by atoms with van der Waals surface area (Å²) in [4.78, 5) is 13.5. The lowest BCUT2D eigenvalue weighted by atomic mass is 10.2. The van der Waals surface area contributed by atoms with Gasteiger partial charge in [0.1, 0.15) is 11.0 Å². The lowest BCUT2D eigenvalue weighted by Crippen LogP contribution is -2.46. The van der Waals surface area contributed by atoms with E-state index in [0.717, 1.165) is 25.5 Å². The second kappa shape index (κ2) is 6.34. The molecule has 0 spiro atoms. The van der Waals surface area contributed by atoms with Crippen LogP contribution in [0.15, 0.2) is 6.07 Å². The Morgan fingerprint density at radius 3 is 2.29 bits per heavy atom. The van der Waals surface area contributed by atoms with Gasteiger partial charge in [-0.05, 0) is 13.8 Å². The molecule has 0 aromatic carbocycles. The van der Waals surface area contributed by atoms with Crippen molar-refractivity contribution in [2.24, 2.45) is 0 Å². The SMILES string of the molecule is C[C@H]1COCCN1c1cc(Cl)nc(N2CCOC[C@@H]2C)n1. The molecule has 0 amide bonds. The standard InChI is InChI=1S/C14H21ClN4O2/c1-10-8-20-5-3-18(10)13-7-12(15)16-14(17-13)19-4-6-21-9-11(19)2/h7,10-11H,3-6,8-9H2,1-2H3/t10-,11-/m0/s1. The average molecular weight is 313 g/mol. The summed E-state index contributed by atoms with van der Waals surface area (Å²) in [5.74, 6) is 1.56. The van der Waals surface area contributed by atoms with Gasteiger partial charge in [0.2, 0.25) is 5.95 Å². The number of anilines is 2. The number of hydrogen-bond donors (Lipinski definition) is 0. The molecule has 2 fully saturated rings. The van der Waals surface area contributed by atoms with Gasteiger partial charge < -0.3 is 19.3 Å². The van der Waals surface area contributed by atoms with Gasteiger partial charge in [-0.3, -0.25) is 0 Å². The highest BCUT2D eigenvalue weighted by Crippen LogP contribution is 2.25. The molecule has 2 saturated heterocycles. The zero-order valence-corrected chi connectivity index (χ0v) is 13.2. The first kappa shape index (κ1) is 14.8. The monoisotopic (exact) mass is 312 g/mol. The van der Waals surface area contributed by atoms with Gasteiger partial charge in [0.25, 0.3) is 0 Å². The highest BCUT2D eigenvalue weighted by molar-refractivity contribution is 6.29. The quantitative estimate of drug-likeness (QED) is 0.773. The van der Waals surface area contributed by atoms with Crippen molar-refractivity contribution in [3.8, 4) is 0 Å². The second-order valence-electron chi connectivity index (χ2n) is 5.58. The van der Waals surface area contributed by atoms with Crippen molar-refractivity contribution < 1.29 is 9.47 Å². The fraction of sp³-hybridized carbons (Fsp3) is 0.714. The van der Waals surface area contributed by atoms with Crippen LogP contribution in [0.1, 0.15) is 13.8 Å². The van der Waals surface area contributed by atoms with Crippen molar-refractivity contribution >= 4 is 23.4 Å². The van der Waals surface area contributed by atoms with Gasteiger partial charge in [-0.1, -0.05) is 11.6 Å². The predicted octanol–water partition coefficient (Wildman–Crippen LogP) is 1.58. The van der Waals surface area contributed by atoms with Gasteiger partial charge >= 0.3 is 0 Å². The van der Waals surface area contributed by atoms with E-state index in [4.69, 9.17) is 26.1 Å². The Bertz CT molecular complexity index is 462. The van der Waals surface area contributed by atoms with Crippen LogP contribution in [-0.4, -0.2) is 61.6 Å². The first-order valence-electron chi connectivity index (χ1n) is 7.38. The number of halogens is 1. The molecule has 0 bridgehead atoms. The molecule has 2 aliphatic rings. The van der Waals surface area contributed by atoms with Crippen LogP contribution >= 0.6 is 11.6 Å². The fourth-order valence-corrected chi connectivity index (χ4v) is 2.93. The number of nitrogens with zero attached hydrogens (tertiary/aromatic N) is 4. The molecule has 6 nitrogen and oxygen atoms in total. The Morgan fingerprint density at radius 2 is 1.67 bits per heavy atom. The molecule has 3 rings (SSSR count). The number of aromatic nitrogens is 2. The van der Waals surface area contributed by atoms with E-state index in [1.165, 1.54) is 0 Å². The average Bonchev–Trinajstić information content (AvgIpc) is 2.47. The Kier molecular flexibility index (Phi) is 4.47. The maximum atomic E-state index is 6.22. The van der Waals surface area contributed by atoms with Crippen molar-refractivity contribution in [3.63, 3.8) is 0 Å². The van der Waals surface area contributed by atoms with Crippen LogP contribution in [0, 0.1) is 0 Å². The van der Waals surface area contributed by atoms with E-state index in [0.29, 0.717) is 37.0 Å². The molecule has 3 heterocycles. The van der Waals surface area contributed by atoms with Gasteiger partial charge in [0, 0.05) is 19.2 Å². The lowest BCUT2D eigenvalue weighted by molar-refractivity contribution is 0.0972. The van der Waals surface area contributed by atoms with Crippen LogP contribution in [0.25, 0.3) is 0 Å². The second-order valence-corrected chi connectivity index (χ2v) is 5.97. The van der Waals surface area contributed by atoms with E-state index in [9.17, 15) is 0 Å². The van der Waals surface area contributed by atoms with Crippen molar-refractivity contribution in [1.29, 1.82) is 0 Å². The molecule has 2 atom stereocenters. The van der Waals surface area contributed by atoms with E-state index in [-0.39, 0.29) is 6.04 Å². The van der Waals surface area contributed by atoms with Gasteiger partial charge in [0.05, 0.1) is 38.5 Å². The molecule has 1 aromatic rings. The minimum atomic E-state index is 0.257. The van der Waals surface area contributed by atoms with Crippen molar-refractivity contribution in [1.82, 2.24) is 9.97 Å². The van der Waals surface area contributed by atoms with Gasteiger partial charge in [-0.25, -0.2) is 4.98 Å². The minimum absolute atomic E-state index is 0.257. The van der Waals surface area contributed by atoms with Gasteiger partial charge in [-0.15, -0.1) is 0 Å². The zero-order valence-electron chi connectivity index (χ0n) is 12.5. The van der Waals surface area contributed by atoms with E-state index < -0.39 is 0 Å². The molecule has 7 heteroatoms. The number of rotatable bonds is 2. The molecule has 0 radical (unpaired) electrons. The third-order valence-electron chi connectivity index (χ3n) is 3.96. The highest BCUT2D eigenvalue weighted by Gasteiger charge is 2.25. The van der Waals surface area contributed by atoms with E-state index in [2.05, 4.69) is 28.6 Å². The molecule has 116 valence electrons. The summed E-state index contributed by atoms with van der Waals surface area (Å²) in [6.45, 7) is 8.68. The van der Waals surface area contributed by atoms with E-state index in [1.54, 1.807) is 0 Å². The molecule has 2 aliphatic heterocycles. The Balaban J connectivity index is 1.88. The van der Waals surface area contributed by atoms with Gasteiger partial charge in [-0.2, -0.15) is 4.98 Å². The van der Waals surface area contributed by atoms with E-state index >= 15 is 0 Å². The predicted molar refractivity (Wildman–Crippen MR) is 82.3 cm³/mol. The summed E-state index contributed by atoms with van der Waals surface area (Å²) in [5, 5.41) is 0.479. The molecule has 0 N–H and O–H groups in total. The van der Waals surface area contributed by atoms with Crippen molar-refractivity contribution in [3.05, 3.63) is 11.2 Å². The molecule has 0 saturated carbocycles. The van der Waals surface area contributed by atoms with Crippen LogP contribution in [-0.2, 0) is 9.47 Å². The van der Waals surface area contributed by atoms with Crippen LogP contribution in [0.3, 0.4) is 0 Å². The molecule has 0 aliphatic carbocycles. The number of ether oxygens (including phenoxy) is 2. The summed E-state index contributed by atoms with van der Waals surface area (Å²) < 4.78 is 11.0. The van der Waals surface area contributed by atoms with Crippen LogP contribution in [0.2, 0.25) is 5.15 Å². The fourth-order valence-electron chi connectivity index (χ4n) is 2.76. The number of morpholine rings is 2. The summed E-state index contributed by atoms with van der Waals surface area (Å²) in [7, 11) is 0. The minimum Gasteiger partial charge on any atom is -0.377 e. The smallest absolute Gasteiger partial charge is 0.229 e. The number of hydrogen-bond acceptors (Lipinski definition) is 6. The largest absolute Gasteiger partial charge is 0.377 e. The first-order chi connectivity index (χ1) is 10.1.